The first-order chi connectivity index (χ1) is 9.65. The van der Waals surface area contributed by atoms with Crippen molar-refractivity contribution in [3.8, 4) is 0 Å². The lowest BCUT2D eigenvalue weighted by Crippen LogP contribution is -2.10. The average molecular weight is 289 g/mol. The number of anilines is 1. The van der Waals surface area contributed by atoms with Crippen LogP contribution in [0.1, 0.15) is 29.7 Å². The van der Waals surface area contributed by atoms with Crippen molar-refractivity contribution in [3.63, 3.8) is 0 Å². The molecule has 2 N–H and O–H groups in total. The van der Waals surface area contributed by atoms with Gasteiger partial charge in [0.05, 0.1) is 13.0 Å². The van der Waals surface area contributed by atoms with Gasteiger partial charge in [0.25, 0.3) is 0 Å². The molecule has 0 saturated heterocycles. The molecule has 3 nitrogen and oxygen atoms in total. The Hall–Kier alpha value is -1.81. The summed E-state index contributed by atoms with van der Waals surface area (Å²) in [5.74, 6) is -0.00396. The highest BCUT2D eigenvalue weighted by Gasteiger charge is 2.12. The topological polar surface area (TPSA) is 52.3 Å². The molecule has 1 unspecified atom stereocenters. The second kappa shape index (κ2) is 7.10. The van der Waals surface area contributed by atoms with E-state index >= 15 is 0 Å². The number of carbonyl (C=O) groups excluding carboxylic acids is 1. The Morgan fingerprint density at radius 1 is 1.30 bits per heavy atom. The molecule has 0 fully saturated rings. The number of esters is 1. The summed E-state index contributed by atoms with van der Waals surface area (Å²) in [5.41, 5.74) is 7.49. The van der Waals surface area contributed by atoms with E-state index in [4.69, 9.17) is 10.5 Å². The number of hydrogen-bond acceptors (Lipinski definition) is 4. The van der Waals surface area contributed by atoms with Crippen LogP contribution in [0.5, 0.6) is 0 Å². The normalized spacial score (nSPS) is 12.1. The second-order valence-electron chi connectivity index (χ2n) is 4.82. The monoisotopic (exact) mass is 289 g/mol. The lowest BCUT2D eigenvalue weighted by atomic mass is 9.98. The first kappa shape index (κ1) is 14.6. The van der Waals surface area contributed by atoms with Gasteiger partial charge < -0.3 is 10.5 Å². The Kier molecular flexibility index (Phi) is 5.18. The van der Waals surface area contributed by atoms with Gasteiger partial charge in [-0.15, -0.1) is 11.3 Å². The van der Waals surface area contributed by atoms with E-state index in [9.17, 15) is 4.79 Å². The van der Waals surface area contributed by atoms with Crippen molar-refractivity contribution in [1.82, 2.24) is 0 Å². The van der Waals surface area contributed by atoms with E-state index in [1.54, 1.807) is 11.3 Å². The lowest BCUT2D eigenvalue weighted by molar-refractivity contribution is -0.143. The zero-order valence-corrected chi connectivity index (χ0v) is 12.4. The van der Waals surface area contributed by atoms with Crippen molar-refractivity contribution >= 4 is 23.0 Å². The molecule has 0 spiro atoms. The summed E-state index contributed by atoms with van der Waals surface area (Å²) in [6, 6.07) is 11.7. The standard InChI is InChI=1S/C16H19NO2S/c1-12(13-4-6-14(17)7-5-13)11-16(18)19-9-8-15-3-2-10-20-15/h2-7,10,12H,8-9,11,17H2,1H3. The first-order valence-electron chi connectivity index (χ1n) is 6.68. The quantitative estimate of drug-likeness (QED) is 0.653. The van der Waals surface area contributed by atoms with Crippen LogP contribution in [0.25, 0.3) is 0 Å². The third-order valence-corrected chi connectivity index (χ3v) is 4.11. The van der Waals surface area contributed by atoms with Gasteiger partial charge in [-0.1, -0.05) is 25.1 Å². The van der Waals surface area contributed by atoms with Gasteiger partial charge in [0.1, 0.15) is 0 Å². The summed E-state index contributed by atoms with van der Waals surface area (Å²) in [4.78, 5) is 13.0. The van der Waals surface area contributed by atoms with Crippen LogP contribution in [-0.4, -0.2) is 12.6 Å². The van der Waals surface area contributed by atoms with Crippen LogP contribution in [0, 0.1) is 0 Å². The molecule has 106 valence electrons. The molecule has 0 amide bonds. The van der Waals surface area contributed by atoms with Crippen LogP contribution < -0.4 is 5.73 Å². The Morgan fingerprint density at radius 2 is 2.05 bits per heavy atom. The minimum atomic E-state index is -0.147. The summed E-state index contributed by atoms with van der Waals surface area (Å²) in [6.07, 6.45) is 1.19. The van der Waals surface area contributed by atoms with E-state index in [2.05, 4.69) is 6.07 Å². The zero-order valence-electron chi connectivity index (χ0n) is 11.5. The van der Waals surface area contributed by atoms with E-state index in [0.717, 1.165) is 17.7 Å². The summed E-state index contributed by atoms with van der Waals surface area (Å²) in [7, 11) is 0. The zero-order chi connectivity index (χ0) is 14.4. The van der Waals surface area contributed by atoms with Crippen LogP contribution in [0.4, 0.5) is 5.69 Å². The molecule has 0 saturated carbocycles. The smallest absolute Gasteiger partial charge is 0.306 e. The summed E-state index contributed by atoms with van der Waals surface area (Å²) < 4.78 is 5.27. The van der Waals surface area contributed by atoms with Crippen molar-refractivity contribution in [2.75, 3.05) is 12.3 Å². The third-order valence-electron chi connectivity index (χ3n) is 3.17. The first-order valence-corrected chi connectivity index (χ1v) is 7.56. The molecule has 1 aromatic heterocycles. The predicted molar refractivity (Wildman–Crippen MR) is 82.9 cm³/mol. The minimum Gasteiger partial charge on any atom is -0.465 e. The molecule has 0 aliphatic rings. The highest BCUT2D eigenvalue weighted by molar-refractivity contribution is 7.09. The van der Waals surface area contributed by atoms with E-state index in [-0.39, 0.29) is 11.9 Å². The number of hydrogen-bond donors (Lipinski definition) is 1. The molecule has 0 radical (unpaired) electrons. The molecule has 1 aromatic carbocycles. The van der Waals surface area contributed by atoms with E-state index in [1.807, 2.05) is 42.6 Å². The fraction of sp³-hybridized carbons (Fsp3) is 0.312. The molecule has 1 heterocycles. The summed E-state index contributed by atoms with van der Waals surface area (Å²) in [6.45, 7) is 2.47. The van der Waals surface area contributed by atoms with Gasteiger partial charge in [0, 0.05) is 17.0 Å². The van der Waals surface area contributed by atoms with Crippen molar-refractivity contribution in [2.24, 2.45) is 0 Å². The molecule has 4 heteroatoms. The Balaban J connectivity index is 1.74. The maximum atomic E-state index is 11.8. The Labute approximate surface area is 123 Å². The van der Waals surface area contributed by atoms with Gasteiger partial charge in [-0.05, 0) is 35.1 Å². The SMILES string of the molecule is CC(CC(=O)OCCc1cccs1)c1ccc(N)cc1. The molecule has 2 aromatic rings. The van der Waals surface area contributed by atoms with Gasteiger partial charge in [-0.2, -0.15) is 0 Å². The number of nitrogens with two attached hydrogens (primary N) is 1. The fourth-order valence-corrected chi connectivity index (χ4v) is 2.66. The number of thiophene rings is 1. The summed E-state index contributed by atoms with van der Waals surface area (Å²) in [5, 5.41) is 2.03. The van der Waals surface area contributed by atoms with Crippen LogP contribution in [0.15, 0.2) is 41.8 Å². The van der Waals surface area contributed by atoms with Crippen molar-refractivity contribution < 1.29 is 9.53 Å². The maximum Gasteiger partial charge on any atom is 0.306 e. The van der Waals surface area contributed by atoms with Crippen molar-refractivity contribution in [3.05, 3.63) is 52.2 Å². The molecular weight excluding hydrogens is 270 g/mol. The van der Waals surface area contributed by atoms with E-state index < -0.39 is 0 Å². The average Bonchev–Trinajstić information content (AvgIpc) is 2.92. The highest BCUT2D eigenvalue weighted by Crippen LogP contribution is 2.20. The van der Waals surface area contributed by atoms with Gasteiger partial charge in [-0.25, -0.2) is 0 Å². The maximum absolute atomic E-state index is 11.8. The van der Waals surface area contributed by atoms with E-state index in [0.29, 0.717) is 13.0 Å². The Bertz CT molecular complexity index is 534. The molecule has 1 atom stereocenters. The summed E-state index contributed by atoms with van der Waals surface area (Å²) >= 11 is 1.68. The van der Waals surface area contributed by atoms with Gasteiger partial charge >= 0.3 is 5.97 Å². The number of benzene rings is 1. The molecular formula is C16H19NO2S. The van der Waals surface area contributed by atoms with Crippen LogP contribution in [0.3, 0.4) is 0 Å². The lowest BCUT2D eigenvalue weighted by Gasteiger charge is -2.11. The highest BCUT2D eigenvalue weighted by atomic mass is 32.1. The number of rotatable bonds is 6. The number of ether oxygens (including phenoxy) is 1. The minimum absolute atomic E-state index is 0.143. The fourth-order valence-electron chi connectivity index (χ4n) is 1.97. The number of carbonyl (C=O) groups is 1. The second-order valence-corrected chi connectivity index (χ2v) is 5.85. The molecule has 0 bridgehead atoms. The van der Waals surface area contributed by atoms with Gasteiger partial charge in [0.2, 0.25) is 0 Å². The molecule has 0 aliphatic heterocycles. The van der Waals surface area contributed by atoms with Crippen molar-refractivity contribution in [1.29, 1.82) is 0 Å². The Morgan fingerprint density at radius 3 is 2.70 bits per heavy atom. The molecule has 0 aliphatic carbocycles. The molecule has 2 rings (SSSR count). The van der Waals surface area contributed by atoms with Crippen LogP contribution in [0.2, 0.25) is 0 Å². The van der Waals surface area contributed by atoms with Crippen LogP contribution >= 0.6 is 11.3 Å². The molecule has 20 heavy (non-hydrogen) atoms. The van der Waals surface area contributed by atoms with E-state index in [1.165, 1.54) is 4.88 Å². The van der Waals surface area contributed by atoms with Gasteiger partial charge in [-0.3, -0.25) is 4.79 Å². The van der Waals surface area contributed by atoms with Gasteiger partial charge in [0.15, 0.2) is 0 Å². The van der Waals surface area contributed by atoms with Crippen molar-refractivity contribution in [2.45, 2.75) is 25.7 Å². The third kappa shape index (κ3) is 4.38. The number of nitrogen functional groups attached to an aromatic ring is 1. The largest absolute Gasteiger partial charge is 0.465 e. The van der Waals surface area contributed by atoms with Crippen LogP contribution in [-0.2, 0) is 16.0 Å². The predicted octanol–water partition coefficient (Wildman–Crippen LogP) is 3.61.